The minimum absolute atomic E-state index is 0.258. The number of hydrogen-bond acceptors (Lipinski definition) is 2. The van der Waals surface area contributed by atoms with E-state index in [9.17, 15) is 0 Å². The molecule has 2 atom stereocenters. The van der Waals surface area contributed by atoms with Gasteiger partial charge in [-0.1, -0.05) is 43.1 Å². The highest BCUT2D eigenvalue weighted by atomic mass is 35.5. The first-order valence-corrected chi connectivity index (χ1v) is 7.01. The van der Waals surface area contributed by atoms with Crippen molar-refractivity contribution in [3.63, 3.8) is 0 Å². The van der Waals surface area contributed by atoms with Gasteiger partial charge in [0.15, 0.2) is 0 Å². The molecular weight excluding hydrogens is 269 g/mol. The summed E-state index contributed by atoms with van der Waals surface area (Å²) in [6.07, 6.45) is 0.987. The van der Waals surface area contributed by atoms with Gasteiger partial charge in [-0.2, -0.15) is 0 Å². The maximum absolute atomic E-state index is 6.23. The van der Waals surface area contributed by atoms with Gasteiger partial charge >= 0.3 is 0 Å². The molecule has 1 aromatic carbocycles. The lowest BCUT2D eigenvalue weighted by Gasteiger charge is -2.21. The third-order valence-electron chi connectivity index (χ3n) is 2.91. The van der Waals surface area contributed by atoms with Gasteiger partial charge in [-0.25, -0.2) is 0 Å². The molecule has 0 bridgehead atoms. The van der Waals surface area contributed by atoms with Gasteiger partial charge in [0.2, 0.25) is 0 Å². The molecule has 0 spiro atoms. The highest BCUT2D eigenvalue weighted by Crippen LogP contribution is 2.28. The first-order valence-electron chi connectivity index (χ1n) is 6.25. The van der Waals surface area contributed by atoms with Crippen molar-refractivity contribution in [1.82, 2.24) is 5.32 Å². The van der Waals surface area contributed by atoms with Crippen molar-refractivity contribution >= 4 is 23.2 Å². The lowest BCUT2D eigenvalue weighted by atomic mass is 10.0. The molecule has 0 aliphatic rings. The molecule has 18 heavy (non-hydrogen) atoms. The van der Waals surface area contributed by atoms with Gasteiger partial charge < -0.3 is 10.1 Å². The van der Waals surface area contributed by atoms with Crippen molar-refractivity contribution in [1.29, 1.82) is 0 Å². The van der Waals surface area contributed by atoms with Crippen LogP contribution in [0.25, 0.3) is 0 Å². The van der Waals surface area contributed by atoms with E-state index >= 15 is 0 Å². The summed E-state index contributed by atoms with van der Waals surface area (Å²) in [6, 6.07) is 5.92. The number of methoxy groups -OCH3 is 1. The molecular formula is C14H21Cl2NO. The summed E-state index contributed by atoms with van der Waals surface area (Å²) in [5.74, 6) is 0.482. The molecule has 2 unspecified atom stereocenters. The van der Waals surface area contributed by atoms with Crippen LogP contribution < -0.4 is 5.32 Å². The normalized spacial score (nSPS) is 14.5. The first-order chi connectivity index (χ1) is 8.58. The van der Waals surface area contributed by atoms with Crippen molar-refractivity contribution in [2.45, 2.75) is 26.3 Å². The fraction of sp³-hybridized carbons (Fsp3) is 0.571. The van der Waals surface area contributed by atoms with Crippen molar-refractivity contribution in [2.24, 2.45) is 5.92 Å². The van der Waals surface area contributed by atoms with Crippen LogP contribution >= 0.6 is 23.2 Å². The largest absolute Gasteiger partial charge is 0.384 e. The zero-order chi connectivity index (χ0) is 13.5. The van der Waals surface area contributed by atoms with Crippen LogP contribution in [0.1, 0.15) is 31.9 Å². The van der Waals surface area contributed by atoms with E-state index in [-0.39, 0.29) is 6.04 Å². The average Bonchev–Trinajstić information content (AvgIpc) is 2.32. The van der Waals surface area contributed by atoms with Crippen LogP contribution in [-0.2, 0) is 4.74 Å². The third kappa shape index (κ3) is 4.77. The van der Waals surface area contributed by atoms with Gasteiger partial charge in [0.05, 0.1) is 0 Å². The Kier molecular flexibility index (Phi) is 7.02. The Bertz CT molecular complexity index is 371. The second kappa shape index (κ2) is 8.00. The average molecular weight is 290 g/mol. The molecule has 0 heterocycles. The van der Waals surface area contributed by atoms with E-state index in [4.69, 9.17) is 27.9 Å². The zero-order valence-electron chi connectivity index (χ0n) is 11.2. The van der Waals surface area contributed by atoms with Crippen LogP contribution in [0, 0.1) is 5.92 Å². The summed E-state index contributed by atoms with van der Waals surface area (Å²) in [6.45, 7) is 5.97. The molecule has 4 heteroatoms. The Hall–Kier alpha value is -0.280. The number of ether oxygens (including phenoxy) is 1. The van der Waals surface area contributed by atoms with Crippen molar-refractivity contribution in [2.75, 3.05) is 20.3 Å². The van der Waals surface area contributed by atoms with Crippen molar-refractivity contribution in [3.8, 4) is 0 Å². The van der Waals surface area contributed by atoms with Crippen LogP contribution in [-0.4, -0.2) is 20.3 Å². The Morgan fingerprint density at radius 3 is 2.61 bits per heavy atom. The number of hydrogen-bond donors (Lipinski definition) is 1. The van der Waals surface area contributed by atoms with Gasteiger partial charge in [0.1, 0.15) is 0 Å². The predicted molar refractivity (Wildman–Crippen MR) is 78.5 cm³/mol. The molecule has 0 radical (unpaired) electrons. The summed E-state index contributed by atoms with van der Waals surface area (Å²) >= 11 is 12.1. The summed E-state index contributed by atoms with van der Waals surface area (Å²) in [7, 11) is 1.73. The molecule has 0 fully saturated rings. The monoisotopic (exact) mass is 289 g/mol. The molecule has 0 aliphatic heterocycles. The maximum Gasteiger partial charge on any atom is 0.0499 e. The van der Waals surface area contributed by atoms with E-state index in [1.165, 1.54) is 0 Å². The van der Waals surface area contributed by atoms with Gasteiger partial charge in [-0.15, -0.1) is 0 Å². The molecule has 1 rings (SSSR count). The van der Waals surface area contributed by atoms with Crippen LogP contribution in [0.4, 0.5) is 0 Å². The molecule has 0 saturated heterocycles. The highest BCUT2D eigenvalue weighted by molar-refractivity contribution is 6.35. The van der Waals surface area contributed by atoms with E-state index in [0.29, 0.717) is 10.9 Å². The summed E-state index contributed by atoms with van der Waals surface area (Å²) < 4.78 is 5.13. The number of halogens is 2. The number of rotatable bonds is 7. The highest BCUT2D eigenvalue weighted by Gasteiger charge is 2.13. The standard InChI is InChI=1S/C14H21Cl2NO/c1-4-14(17-8-10(2)9-18-3)12-6-5-11(15)7-13(12)16/h5-7,10,14,17H,4,8-9H2,1-3H3. The van der Waals surface area contributed by atoms with Crippen molar-refractivity contribution in [3.05, 3.63) is 33.8 Å². The lowest BCUT2D eigenvalue weighted by molar-refractivity contribution is 0.156. The molecule has 0 saturated carbocycles. The van der Waals surface area contributed by atoms with E-state index in [1.54, 1.807) is 13.2 Å². The fourth-order valence-electron chi connectivity index (χ4n) is 1.95. The van der Waals surface area contributed by atoms with E-state index in [2.05, 4.69) is 19.2 Å². The van der Waals surface area contributed by atoms with Crippen molar-refractivity contribution < 1.29 is 4.74 Å². The maximum atomic E-state index is 6.23. The first kappa shape index (κ1) is 15.8. The topological polar surface area (TPSA) is 21.3 Å². The zero-order valence-corrected chi connectivity index (χ0v) is 12.7. The Morgan fingerprint density at radius 2 is 2.06 bits per heavy atom. The molecule has 2 nitrogen and oxygen atoms in total. The number of benzene rings is 1. The Balaban J connectivity index is 2.65. The summed E-state index contributed by atoms with van der Waals surface area (Å²) in [4.78, 5) is 0. The Morgan fingerprint density at radius 1 is 1.33 bits per heavy atom. The number of nitrogens with one attached hydrogen (secondary N) is 1. The van der Waals surface area contributed by atoms with E-state index in [0.717, 1.165) is 30.2 Å². The second-order valence-electron chi connectivity index (χ2n) is 4.60. The van der Waals surface area contributed by atoms with Crippen LogP contribution in [0.3, 0.4) is 0 Å². The van der Waals surface area contributed by atoms with Gasteiger partial charge in [0, 0.05) is 36.3 Å². The van der Waals surface area contributed by atoms with E-state index < -0.39 is 0 Å². The molecule has 102 valence electrons. The quantitative estimate of drug-likeness (QED) is 0.807. The van der Waals surface area contributed by atoms with E-state index in [1.807, 2.05) is 12.1 Å². The van der Waals surface area contributed by atoms with Gasteiger partial charge in [-0.3, -0.25) is 0 Å². The Labute approximate surface area is 120 Å². The molecule has 1 aromatic rings. The minimum Gasteiger partial charge on any atom is -0.384 e. The third-order valence-corrected chi connectivity index (χ3v) is 3.47. The molecule has 0 aromatic heterocycles. The SMILES string of the molecule is CCC(NCC(C)COC)c1ccc(Cl)cc1Cl. The summed E-state index contributed by atoms with van der Waals surface area (Å²) in [5.41, 5.74) is 1.10. The molecule has 0 amide bonds. The van der Waals surface area contributed by atoms with Gasteiger partial charge in [-0.05, 0) is 30.0 Å². The van der Waals surface area contributed by atoms with Crippen LogP contribution in [0.2, 0.25) is 10.0 Å². The predicted octanol–water partition coefficient (Wildman–Crippen LogP) is 4.32. The molecule has 1 N–H and O–H groups in total. The minimum atomic E-state index is 0.258. The van der Waals surface area contributed by atoms with Gasteiger partial charge in [0.25, 0.3) is 0 Å². The second-order valence-corrected chi connectivity index (χ2v) is 5.44. The van der Waals surface area contributed by atoms with Crippen LogP contribution in [0.5, 0.6) is 0 Å². The smallest absolute Gasteiger partial charge is 0.0499 e. The van der Waals surface area contributed by atoms with Crippen LogP contribution in [0.15, 0.2) is 18.2 Å². The molecule has 0 aliphatic carbocycles. The fourth-order valence-corrected chi connectivity index (χ4v) is 2.49. The lowest BCUT2D eigenvalue weighted by Crippen LogP contribution is -2.28. The summed E-state index contributed by atoms with van der Waals surface area (Å²) in [5, 5.41) is 4.92.